The average molecular weight is 370 g/mol. The van der Waals surface area contributed by atoms with Crippen molar-refractivity contribution in [2.75, 3.05) is 27.2 Å². The van der Waals surface area contributed by atoms with E-state index in [9.17, 15) is 14.4 Å². The molecule has 1 aromatic rings. The summed E-state index contributed by atoms with van der Waals surface area (Å²) in [5.74, 6) is -0.319. The van der Waals surface area contributed by atoms with Gasteiger partial charge in [0.15, 0.2) is 0 Å². The Morgan fingerprint density at radius 1 is 1.26 bits per heavy atom. The number of aryl methyl sites for hydroxylation is 1. The lowest BCUT2D eigenvalue weighted by molar-refractivity contribution is -0.137. The van der Waals surface area contributed by atoms with Crippen LogP contribution in [-0.4, -0.2) is 65.8 Å². The molecule has 1 aromatic carbocycles. The first-order valence-electron chi connectivity index (χ1n) is 9.09. The van der Waals surface area contributed by atoms with Crippen molar-refractivity contribution in [2.45, 2.75) is 32.9 Å². The Labute approximate surface area is 159 Å². The van der Waals surface area contributed by atoms with E-state index >= 15 is 0 Å². The molecule has 0 saturated carbocycles. The predicted molar refractivity (Wildman–Crippen MR) is 102 cm³/mol. The zero-order valence-electron chi connectivity index (χ0n) is 16.4. The summed E-state index contributed by atoms with van der Waals surface area (Å²) in [6, 6.07) is 7.06. The smallest absolute Gasteiger partial charge is 0.322 e. The number of carbonyl (C=O) groups is 3. The van der Waals surface area contributed by atoms with Crippen molar-refractivity contribution in [1.82, 2.24) is 20.0 Å². The van der Waals surface area contributed by atoms with E-state index in [1.165, 1.54) is 9.80 Å². The minimum atomic E-state index is -0.500. The second-order valence-electron chi connectivity index (χ2n) is 7.47. The van der Waals surface area contributed by atoms with E-state index in [1.807, 2.05) is 45.0 Å². The molecule has 27 heavy (non-hydrogen) atoms. The van der Waals surface area contributed by atoms with Gasteiger partial charge in [0.2, 0.25) is 5.91 Å². The van der Waals surface area contributed by atoms with Gasteiger partial charge in [-0.3, -0.25) is 14.5 Å². The third-order valence-electron chi connectivity index (χ3n) is 5.34. The SMILES string of the molecule is Cc1ccc(C2NC(=O)N(C)C3=C2C(=O)N(CC(=O)N(C)C(C)C)C3)cc1. The van der Waals surface area contributed by atoms with Gasteiger partial charge in [0.1, 0.15) is 6.54 Å². The number of likely N-dealkylation sites (N-methyl/N-ethyl adjacent to an activating group) is 2. The number of amides is 4. The van der Waals surface area contributed by atoms with Gasteiger partial charge < -0.3 is 15.1 Å². The topological polar surface area (TPSA) is 73.0 Å². The number of hydrogen-bond acceptors (Lipinski definition) is 3. The third-order valence-corrected chi connectivity index (χ3v) is 5.34. The molecule has 2 heterocycles. The summed E-state index contributed by atoms with van der Waals surface area (Å²) >= 11 is 0. The fourth-order valence-corrected chi connectivity index (χ4v) is 3.32. The van der Waals surface area contributed by atoms with Gasteiger partial charge in [0.05, 0.1) is 23.9 Å². The van der Waals surface area contributed by atoms with Crippen LogP contribution in [0.2, 0.25) is 0 Å². The van der Waals surface area contributed by atoms with E-state index in [4.69, 9.17) is 0 Å². The number of benzene rings is 1. The molecule has 2 aliphatic heterocycles. The highest BCUT2D eigenvalue weighted by Crippen LogP contribution is 2.35. The van der Waals surface area contributed by atoms with Gasteiger partial charge in [-0.25, -0.2) is 4.79 Å². The first-order valence-corrected chi connectivity index (χ1v) is 9.09. The van der Waals surface area contributed by atoms with Gasteiger partial charge in [-0.1, -0.05) is 29.8 Å². The highest BCUT2D eigenvalue weighted by molar-refractivity contribution is 6.02. The molecule has 7 nitrogen and oxygen atoms in total. The summed E-state index contributed by atoms with van der Waals surface area (Å²) in [6.45, 7) is 6.11. The van der Waals surface area contributed by atoms with Crippen LogP contribution in [0.5, 0.6) is 0 Å². The zero-order chi connectivity index (χ0) is 19.9. The minimum absolute atomic E-state index is 0.00314. The van der Waals surface area contributed by atoms with Crippen molar-refractivity contribution in [2.24, 2.45) is 0 Å². The van der Waals surface area contributed by atoms with Crippen LogP contribution < -0.4 is 5.32 Å². The van der Waals surface area contributed by atoms with Crippen molar-refractivity contribution in [1.29, 1.82) is 0 Å². The van der Waals surface area contributed by atoms with Crippen LogP contribution in [0.15, 0.2) is 35.5 Å². The molecular weight excluding hydrogens is 344 g/mol. The normalized spacial score (nSPS) is 19.6. The predicted octanol–water partition coefficient (Wildman–Crippen LogP) is 1.65. The molecule has 0 aliphatic carbocycles. The largest absolute Gasteiger partial charge is 0.342 e. The number of urea groups is 1. The van der Waals surface area contributed by atoms with E-state index in [0.717, 1.165) is 11.1 Å². The molecule has 0 fully saturated rings. The van der Waals surface area contributed by atoms with Crippen LogP contribution in [0.25, 0.3) is 0 Å². The molecule has 1 unspecified atom stereocenters. The van der Waals surface area contributed by atoms with Gasteiger partial charge in [-0.2, -0.15) is 0 Å². The quantitative estimate of drug-likeness (QED) is 0.876. The standard InChI is InChI=1S/C20H26N4O3/c1-12(2)22(4)16(25)11-24-10-15-17(19(24)26)18(21-20(27)23(15)5)14-8-6-13(3)7-9-14/h6-9,12,18H,10-11H2,1-5H3,(H,21,27). The lowest BCUT2D eigenvalue weighted by Gasteiger charge is -2.31. The van der Waals surface area contributed by atoms with Gasteiger partial charge in [-0.15, -0.1) is 0 Å². The van der Waals surface area contributed by atoms with Crippen LogP contribution in [0, 0.1) is 6.92 Å². The van der Waals surface area contributed by atoms with Crippen molar-refractivity contribution >= 4 is 17.8 Å². The molecule has 0 spiro atoms. The molecule has 0 saturated heterocycles. The Morgan fingerprint density at radius 2 is 1.89 bits per heavy atom. The molecule has 4 amide bonds. The molecular formula is C20H26N4O3. The molecule has 0 aromatic heterocycles. The van der Waals surface area contributed by atoms with Crippen LogP contribution >= 0.6 is 0 Å². The first kappa shape index (κ1) is 18.9. The zero-order valence-corrected chi connectivity index (χ0v) is 16.4. The Morgan fingerprint density at radius 3 is 2.48 bits per heavy atom. The van der Waals surface area contributed by atoms with Gasteiger partial charge in [0.25, 0.3) is 5.91 Å². The summed E-state index contributed by atoms with van der Waals surface area (Å²) in [7, 11) is 3.38. The highest BCUT2D eigenvalue weighted by atomic mass is 16.2. The maximum Gasteiger partial charge on any atom is 0.322 e. The van der Waals surface area contributed by atoms with Crippen LogP contribution in [-0.2, 0) is 9.59 Å². The van der Waals surface area contributed by atoms with Crippen molar-refractivity contribution in [3.05, 3.63) is 46.7 Å². The van der Waals surface area contributed by atoms with E-state index in [1.54, 1.807) is 19.0 Å². The first-order chi connectivity index (χ1) is 12.7. The Hall–Kier alpha value is -2.83. The van der Waals surface area contributed by atoms with Crippen molar-refractivity contribution in [3.63, 3.8) is 0 Å². The molecule has 0 radical (unpaired) electrons. The fraction of sp³-hybridized carbons (Fsp3) is 0.450. The second kappa shape index (κ2) is 7.06. The Balaban J connectivity index is 1.89. The molecule has 0 bridgehead atoms. The van der Waals surface area contributed by atoms with Crippen molar-refractivity contribution < 1.29 is 14.4 Å². The molecule has 7 heteroatoms. The Bertz CT molecular complexity index is 813. The summed E-state index contributed by atoms with van der Waals surface area (Å²) in [5, 5.41) is 2.90. The minimum Gasteiger partial charge on any atom is -0.342 e. The molecule has 3 rings (SSSR count). The molecule has 2 aliphatic rings. The van der Waals surface area contributed by atoms with E-state index in [-0.39, 0.29) is 37.0 Å². The van der Waals surface area contributed by atoms with E-state index in [0.29, 0.717) is 11.3 Å². The molecule has 1 N–H and O–H groups in total. The number of nitrogens with one attached hydrogen (secondary N) is 1. The van der Waals surface area contributed by atoms with Crippen LogP contribution in [0.1, 0.15) is 31.0 Å². The summed E-state index contributed by atoms with van der Waals surface area (Å²) in [6.07, 6.45) is 0. The van der Waals surface area contributed by atoms with Gasteiger partial charge in [-0.05, 0) is 26.3 Å². The van der Waals surface area contributed by atoms with Gasteiger partial charge in [0, 0.05) is 20.1 Å². The van der Waals surface area contributed by atoms with Gasteiger partial charge >= 0.3 is 6.03 Å². The molecule has 144 valence electrons. The summed E-state index contributed by atoms with van der Waals surface area (Å²) < 4.78 is 0. The van der Waals surface area contributed by atoms with E-state index < -0.39 is 6.04 Å². The summed E-state index contributed by atoms with van der Waals surface area (Å²) in [4.78, 5) is 42.5. The number of rotatable bonds is 4. The maximum atomic E-state index is 13.1. The fourth-order valence-electron chi connectivity index (χ4n) is 3.32. The monoisotopic (exact) mass is 370 g/mol. The lowest BCUT2D eigenvalue weighted by Crippen LogP contribution is -2.45. The highest BCUT2D eigenvalue weighted by Gasteiger charge is 2.43. The maximum absolute atomic E-state index is 13.1. The molecule has 1 atom stereocenters. The number of carbonyl (C=O) groups excluding carboxylic acids is 3. The van der Waals surface area contributed by atoms with Crippen LogP contribution in [0.3, 0.4) is 0 Å². The third kappa shape index (κ3) is 3.41. The summed E-state index contributed by atoms with van der Waals surface area (Å²) in [5.41, 5.74) is 3.17. The number of nitrogens with zero attached hydrogens (tertiary/aromatic N) is 3. The lowest BCUT2D eigenvalue weighted by atomic mass is 9.95. The average Bonchev–Trinajstić information content (AvgIpc) is 2.95. The number of hydrogen-bond donors (Lipinski definition) is 1. The second-order valence-corrected chi connectivity index (χ2v) is 7.47. The van der Waals surface area contributed by atoms with E-state index in [2.05, 4.69) is 5.32 Å². The Kier molecular flexibility index (Phi) is 4.95. The van der Waals surface area contributed by atoms with Crippen LogP contribution in [0.4, 0.5) is 4.79 Å². The van der Waals surface area contributed by atoms with Crippen molar-refractivity contribution in [3.8, 4) is 0 Å².